The second-order valence-corrected chi connectivity index (χ2v) is 8.93. The SMILES string of the molecule is Cc1ncsc1CNC(=NCC(=O)NC(C)(C)C)Nc1ccc(OC(C)C)cc1.I. The molecule has 0 unspecified atom stereocenters. The van der Waals surface area contributed by atoms with Crippen LogP contribution in [-0.2, 0) is 11.3 Å². The van der Waals surface area contributed by atoms with Crippen LogP contribution in [0.3, 0.4) is 0 Å². The van der Waals surface area contributed by atoms with E-state index in [-0.39, 0.29) is 48.1 Å². The normalized spacial score (nSPS) is 11.6. The third-order valence-corrected chi connectivity index (χ3v) is 4.58. The van der Waals surface area contributed by atoms with Crippen molar-refractivity contribution in [1.29, 1.82) is 0 Å². The molecular weight excluding hydrogens is 513 g/mol. The second kappa shape index (κ2) is 12.1. The minimum Gasteiger partial charge on any atom is -0.491 e. The number of thiazole rings is 1. The number of nitrogens with zero attached hydrogens (tertiary/aromatic N) is 2. The highest BCUT2D eigenvalue weighted by Gasteiger charge is 2.13. The summed E-state index contributed by atoms with van der Waals surface area (Å²) >= 11 is 1.59. The summed E-state index contributed by atoms with van der Waals surface area (Å²) < 4.78 is 5.68. The van der Waals surface area contributed by atoms with Crippen LogP contribution in [0.2, 0.25) is 0 Å². The Kier molecular flexibility index (Phi) is 10.5. The largest absolute Gasteiger partial charge is 0.491 e. The molecule has 0 saturated heterocycles. The molecule has 2 rings (SSSR count). The van der Waals surface area contributed by atoms with Crippen LogP contribution < -0.4 is 20.7 Å². The third-order valence-electron chi connectivity index (χ3n) is 3.65. The summed E-state index contributed by atoms with van der Waals surface area (Å²) in [7, 11) is 0. The molecule has 1 heterocycles. The Labute approximate surface area is 200 Å². The van der Waals surface area contributed by atoms with Crippen molar-refractivity contribution in [2.24, 2.45) is 4.99 Å². The zero-order valence-electron chi connectivity index (χ0n) is 18.4. The third kappa shape index (κ3) is 9.75. The zero-order chi connectivity index (χ0) is 21.4. The number of aromatic nitrogens is 1. The number of hydrogen-bond donors (Lipinski definition) is 3. The van der Waals surface area contributed by atoms with Crippen LogP contribution in [-0.4, -0.2) is 35.0 Å². The first-order chi connectivity index (χ1) is 13.6. The molecule has 0 bridgehead atoms. The smallest absolute Gasteiger partial charge is 0.242 e. The highest BCUT2D eigenvalue weighted by molar-refractivity contribution is 14.0. The van der Waals surface area contributed by atoms with Gasteiger partial charge in [-0.05, 0) is 65.8 Å². The van der Waals surface area contributed by atoms with Crippen LogP contribution >= 0.6 is 35.3 Å². The van der Waals surface area contributed by atoms with Crippen molar-refractivity contribution >= 4 is 52.9 Å². The molecular formula is C21H32IN5O2S. The fourth-order valence-corrected chi connectivity index (χ4v) is 3.15. The fourth-order valence-electron chi connectivity index (χ4n) is 2.43. The van der Waals surface area contributed by atoms with E-state index in [0.717, 1.165) is 22.0 Å². The van der Waals surface area contributed by atoms with Gasteiger partial charge in [0.2, 0.25) is 5.91 Å². The minimum atomic E-state index is -0.292. The predicted octanol–water partition coefficient (Wildman–Crippen LogP) is 4.33. The second-order valence-electron chi connectivity index (χ2n) is 7.99. The molecule has 7 nitrogen and oxygen atoms in total. The molecule has 0 atom stereocenters. The van der Waals surface area contributed by atoms with Crippen LogP contribution in [0.4, 0.5) is 5.69 Å². The topological polar surface area (TPSA) is 87.6 Å². The van der Waals surface area contributed by atoms with Crippen LogP contribution in [0.15, 0.2) is 34.8 Å². The van der Waals surface area contributed by atoms with E-state index >= 15 is 0 Å². The number of hydrogen-bond acceptors (Lipinski definition) is 5. The molecule has 3 N–H and O–H groups in total. The lowest BCUT2D eigenvalue weighted by Gasteiger charge is -2.20. The number of amides is 1. The number of ether oxygens (including phenoxy) is 1. The Morgan fingerprint density at radius 1 is 1.23 bits per heavy atom. The van der Waals surface area contributed by atoms with Crippen molar-refractivity contribution in [3.8, 4) is 5.75 Å². The molecule has 1 aromatic heterocycles. The number of anilines is 1. The number of guanidine groups is 1. The standard InChI is InChI=1S/C21H31N5O2S.HI/c1-14(2)28-17-9-7-16(8-10-17)25-20(22-11-18-15(3)24-13-29-18)23-12-19(27)26-21(4,5)6;/h7-10,13-14H,11-12H2,1-6H3,(H,26,27)(H2,22,23,25);1H. The van der Waals surface area contributed by atoms with E-state index in [4.69, 9.17) is 4.74 Å². The summed E-state index contributed by atoms with van der Waals surface area (Å²) in [5.74, 6) is 1.20. The molecule has 0 radical (unpaired) electrons. The van der Waals surface area contributed by atoms with Gasteiger partial charge in [0.25, 0.3) is 0 Å². The van der Waals surface area contributed by atoms with E-state index in [1.165, 1.54) is 0 Å². The molecule has 166 valence electrons. The highest BCUT2D eigenvalue weighted by Crippen LogP contribution is 2.17. The number of aryl methyl sites for hydroxylation is 1. The van der Waals surface area contributed by atoms with Gasteiger partial charge in [-0.2, -0.15) is 0 Å². The number of carbonyl (C=O) groups excluding carboxylic acids is 1. The molecule has 0 aliphatic carbocycles. The predicted molar refractivity (Wildman–Crippen MR) is 135 cm³/mol. The summed E-state index contributed by atoms with van der Waals surface area (Å²) in [4.78, 5) is 22.0. The van der Waals surface area contributed by atoms with Crippen LogP contribution in [0.1, 0.15) is 45.2 Å². The van der Waals surface area contributed by atoms with Crippen molar-refractivity contribution in [2.75, 3.05) is 11.9 Å². The molecule has 1 aromatic carbocycles. The summed E-state index contributed by atoms with van der Waals surface area (Å²) in [6.07, 6.45) is 0.122. The lowest BCUT2D eigenvalue weighted by Crippen LogP contribution is -2.42. The lowest BCUT2D eigenvalue weighted by atomic mass is 10.1. The Morgan fingerprint density at radius 3 is 2.43 bits per heavy atom. The van der Waals surface area contributed by atoms with Gasteiger partial charge in [0.05, 0.1) is 23.9 Å². The van der Waals surface area contributed by atoms with Crippen molar-refractivity contribution in [2.45, 2.75) is 59.7 Å². The summed E-state index contributed by atoms with van der Waals surface area (Å²) in [6.45, 7) is 12.4. The number of carbonyl (C=O) groups is 1. The number of aliphatic imine (C=N–C) groups is 1. The number of rotatable bonds is 7. The number of halogens is 1. The van der Waals surface area contributed by atoms with Crippen molar-refractivity contribution < 1.29 is 9.53 Å². The highest BCUT2D eigenvalue weighted by atomic mass is 127. The van der Waals surface area contributed by atoms with E-state index in [2.05, 4.69) is 25.9 Å². The average Bonchev–Trinajstić information content (AvgIpc) is 3.02. The van der Waals surface area contributed by atoms with E-state index in [1.807, 2.05) is 71.3 Å². The van der Waals surface area contributed by atoms with Gasteiger partial charge in [-0.25, -0.2) is 9.98 Å². The van der Waals surface area contributed by atoms with Gasteiger partial charge in [-0.3, -0.25) is 4.79 Å². The van der Waals surface area contributed by atoms with Gasteiger partial charge in [0, 0.05) is 16.1 Å². The van der Waals surface area contributed by atoms with E-state index in [9.17, 15) is 4.79 Å². The quantitative estimate of drug-likeness (QED) is 0.274. The molecule has 9 heteroatoms. The molecule has 1 amide bonds. The van der Waals surface area contributed by atoms with Crippen molar-refractivity contribution in [1.82, 2.24) is 15.6 Å². The maximum Gasteiger partial charge on any atom is 0.242 e. The van der Waals surface area contributed by atoms with Gasteiger partial charge in [-0.1, -0.05) is 0 Å². The van der Waals surface area contributed by atoms with Crippen molar-refractivity contribution in [3.05, 3.63) is 40.3 Å². The Balaban J connectivity index is 0.00000450. The van der Waals surface area contributed by atoms with Crippen LogP contribution in [0, 0.1) is 6.92 Å². The van der Waals surface area contributed by atoms with Crippen molar-refractivity contribution in [3.63, 3.8) is 0 Å². The van der Waals surface area contributed by atoms with Gasteiger partial charge in [0.15, 0.2) is 5.96 Å². The fraction of sp³-hybridized carbons (Fsp3) is 0.476. The molecule has 0 fully saturated rings. The number of nitrogens with one attached hydrogen (secondary N) is 3. The number of benzene rings is 1. The summed E-state index contributed by atoms with van der Waals surface area (Å²) in [5.41, 5.74) is 3.37. The minimum absolute atomic E-state index is 0. The zero-order valence-corrected chi connectivity index (χ0v) is 21.6. The van der Waals surface area contributed by atoms with E-state index in [1.54, 1.807) is 11.3 Å². The van der Waals surface area contributed by atoms with Gasteiger partial charge < -0.3 is 20.7 Å². The first-order valence-corrected chi connectivity index (χ1v) is 10.5. The van der Waals surface area contributed by atoms with Gasteiger partial charge in [0.1, 0.15) is 12.3 Å². The Hall–Kier alpha value is -1.88. The Morgan fingerprint density at radius 2 is 1.90 bits per heavy atom. The summed E-state index contributed by atoms with van der Waals surface area (Å²) in [6, 6.07) is 7.64. The first-order valence-electron chi connectivity index (χ1n) is 9.64. The van der Waals surface area contributed by atoms with E-state index < -0.39 is 0 Å². The summed E-state index contributed by atoms with van der Waals surface area (Å²) in [5, 5.41) is 9.44. The average molecular weight is 545 g/mol. The maximum atomic E-state index is 12.2. The molecule has 0 spiro atoms. The molecule has 0 aliphatic rings. The molecule has 0 saturated carbocycles. The Bertz CT molecular complexity index is 829. The first kappa shape index (κ1) is 26.2. The molecule has 30 heavy (non-hydrogen) atoms. The maximum absolute atomic E-state index is 12.2. The van der Waals surface area contributed by atoms with Gasteiger partial charge in [-0.15, -0.1) is 35.3 Å². The van der Waals surface area contributed by atoms with Crippen LogP contribution in [0.5, 0.6) is 5.75 Å². The van der Waals surface area contributed by atoms with Crippen LogP contribution in [0.25, 0.3) is 0 Å². The molecule has 0 aliphatic heterocycles. The monoisotopic (exact) mass is 545 g/mol. The van der Waals surface area contributed by atoms with Gasteiger partial charge >= 0.3 is 0 Å². The van der Waals surface area contributed by atoms with E-state index in [0.29, 0.717) is 12.5 Å². The molecule has 2 aromatic rings. The lowest BCUT2D eigenvalue weighted by molar-refractivity contribution is -0.121.